The third-order valence-corrected chi connectivity index (χ3v) is 4.08. The number of hydrogen-bond donors (Lipinski definition) is 2. The number of phenolic OH excluding ortho intramolecular Hbond substituents is 1. The molecule has 0 atom stereocenters. The fourth-order valence-corrected chi connectivity index (χ4v) is 2.56. The normalized spacial score (nSPS) is 10.7. The lowest BCUT2D eigenvalue weighted by molar-refractivity contribution is -0.123. The monoisotopic (exact) mass is 446 g/mol. The molecule has 132 valence electrons. The van der Waals surface area contributed by atoms with Gasteiger partial charge in [-0.15, -0.1) is 0 Å². The Labute approximate surface area is 162 Å². The summed E-state index contributed by atoms with van der Waals surface area (Å²) < 4.78 is 10.8. The molecule has 0 spiro atoms. The van der Waals surface area contributed by atoms with E-state index in [1.165, 1.54) is 19.4 Å². The molecule has 0 aliphatic carbocycles. The van der Waals surface area contributed by atoms with Crippen molar-refractivity contribution < 1.29 is 19.4 Å². The van der Waals surface area contributed by atoms with Gasteiger partial charge in [0.2, 0.25) is 0 Å². The van der Waals surface area contributed by atoms with E-state index in [2.05, 4.69) is 26.5 Å². The predicted molar refractivity (Wildman–Crippen MR) is 100 cm³/mol. The van der Waals surface area contributed by atoms with Crippen LogP contribution in [0.2, 0.25) is 10.0 Å². The number of hydrogen-bond acceptors (Lipinski definition) is 5. The molecule has 0 saturated carbocycles. The van der Waals surface area contributed by atoms with Gasteiger partial charge in [0.05, 0.1) is 22.8 Å². The number of nitrogens with one attached hydrogen (secondary N) is 1. The van der Waals surface area contributed by atoms with E-state index in [1.807, 2.05) is 0 Å². The molecule has 0 fully saturated rings. The van der Waals surface area contributed by atoms with Gasteiger partial charge in [-0.2, -0.15) is 5.10 Å². The zero-order valence-corrected chi connectivity index (χ0v) is 16.0. The van der Waals surface area contributed by atoms with Crippen LogP contribution in [0.5, 0.6) is 17.2 Å². The molecule has 0 saturated heterocycles. The molecule has 2 aromatic rings. The maximum atomic E-state index is 11.7. The number of amides is 1. The van der Waals surface area contributed by atoms with Crippen molar-refractivity contribution in [1.29, 1.82) is 0 Å². The minimum atomic E-state index is -0.475. The Morgan fingerprint density at radius 3 is 2.80 bits per heavy atom. The highest BCUT2D eigenvalue weighted by atomic mass is 79.9. The predicted octanol–water partition coefficient (Wildman–Crippen LogP) is 4.00. The number of nitrogens with zero attached hydrogens (tertiary/aromatic N) is 1. The summed E-state index contributed by atoms with van der Waals surface area (Å²) in [6, 6.07) is 7.89. The summed E-state index contributed by atoms with van der Waals surface area (Å²) in [5.74, 6) is 0.0918. The van der Waals surface area contributed by atoms with E-state index in [0.717, 1.165) is 0 Å². The second-order valence-corrected chi connectivity index (χ2v) is 6.41. The lowest BCUT2D eigenvalue weighted by atomic mass is 10.2. The lowest BCUT2D eigenvalue weighted by Gasteiger charge is -2.07. The first-order chi connectivity index (χ1) is 11.9. The Bertz CT molecular complexity index is 815. The summed E-state index contributed by atoms with van der Waals surface area (Å²) in [7, 11) is 1.43. The van der Waals surface area contributed by atoms with Gasteiger partial charge in [-0.1, -0.05) is 23.2 Å². The van der Waals surface area contributed by atoms with Gasteiger partial charge in [-0.05, 0) is 45.8 Å². The fraction of sp³-hybridized carbons (Fsp3) is 0.125. The fourth-order valence-electron chi connectivity index (χ4n) is 1.77. The number of benzene rings is 2. The van der Waals surface area contributed by atoms with Gasteiger partial charge in [0.1, 0.15) is 5.75 Å². The maximum absolute atomic E-state index is 11.7. The topological polar surface area (TPSA) is 80.2 Å². The van der Waals surface area contributed by atoms with Crippen LogP contribution in [-0.2, 0) is 4.79 Å². The average Bonchev–Trinajstić information content (AvgIpc) is 2.58. The highest BCUT2D eigenvalue weighted by Gasteiger charge is 2.08. The highest BCUT2D eigenvalue weighted by molar-refractivity contribution is 9.10. The van der Waals surface area contributed by atoms with Crippen LogP contribution in [0.15, 0.2) is 39.9 Å². The maximum Gasteiger partial charge on any atom is 0.277 e. The summed E-state index contributed by atoms with van der Waals surface area (Å²) in [4.78, 5) is 11.7. The molecule has 0 heterocycles. The van der Waals surface area contributed by atoms with Gasteiger partial charge >= 0.3 is 0 Å². The molecule has 0 aliphatic heterocycles. The molecule has 2 aromatic carbocycles. The molecule has 0 bridgehead atoms. The van der Waals surface area contributed by atoms with Crippen LogP contribution in [0.4, 0.5) is 0 Å². The first-order valence-electron chi connectivity index (χ1n) is 6.87. The average molecular weight is 448 g/mol. The van der Waals surface area contributed by atoms with Gasteiger partial charge in [-0.25, -0.2) is 5.43 Å². The summed E-state index contributed by atoms with van der Waals surface area (Å²) in [6.07, 6.45) is 1.40. The van der Waals surface area contributed by atoms with Crippen molar-refractivity contribution in [2.24, 2.45) is 5.10 Å². The quantitative estimate of drug-likeness (QED) is 0.518. The first kappa shape index (κ1) is 19.4. The Morgan fingerprint density at radius 1 is 1.32 bits per heavy atom. The van der Waals surface area contributed by atoms with Crippen LogP contribution in [0.1, 0.15) is 5.56 Å². The van der Waals surface area contributed by atoms with Gasteiger partial charge in [0, 0.05) is 11.1 Å². The molecule has 2 N–H and O–H groups in total. The largest absolute Gasteiger partial charge is 0.503 e. The van der Waals surface area contributed by atoms with E-state index in [9.17, 15) is 9.90 Å². The first-order valence-corrected chi connectivity index (χ1v) is 8.42. The lowest BCUT2D eigenvalue weighted by Crippen LogP contribution is -2.24. The molecule has 25 heavy (non-hydrogen) atoms. The Kier molecular flexibility index (Phi) is 6.92. The van der Waals surface area contributed by atoms with Crippen molar-refractivity contribution in [3.63, 3.8) is 0 Å². The van der Waals surface area contributed by atoms with Crippen LogP contribution in [0.3, 0.4) is 0 Å². The van der Waals surface area contributed by atoms with Crippen molar-refractivity contribution in [1.82, 2.24) is 5.43 Å². The van der Waals surface area contributed by atoms with Gasteiger partial charge in [-0.3, -0.25) is 4.79 Å². The summed E-state index contributed by atoms with van der Waals surface area (Å²) >= 11 is 15.0. The zero-order valence-electron chi connectivity index (χ0n) is 12.9. The molecule has 1 amide bonds. The van der Waals surface area contributed by atoms with E-state index >= 15 is 0 Å². The number of carbonyl (C=O) groups is 1. The van der Waals surface area contributed by atoms with Crippen LogP contribution < -0.4 is 14.9 Å². The minimum absolute atomic E-state index is 0.0181. The van der Waals surface area contributed by atoms with Crippen LogP contribution >= 0.6 is 39.1 Å². The van der Waals surface area contributed by atoms with E-state index in [4.69, 9.17) is 32.7 Å². The molecule has 0 aromatic heterocycles. The van der Waals surface area contributed by atoms with Crippen molar-refractivity contribution in [2.45, 2.75) is 0 Å². The smallest absolute Gasteiger partial charge is 0.277 e. The number of rotatable bonds is 6. The number of aromatic hydroxyl groups is 1. The van der Waals surface area contributed by atoms with Gasteiger partial charge in [0.15, 0.2) is 18.1 Å². The van der Waals surface area contributed by atoms with E-state index in [-0.39, 0.29) is 18.1 Å². The Hall–Kier alpha value is -1.96. The summed E-state index contributed by atoms with van der Waals surface area (Å²) in [5.41, 5.74) is 2.93. The second-order valence-electron chi connectivity index (χ2n) is 4.71. The van der Waals surface area contributed by atoms with Crippen LogP contribution in [0.25, 0.3) is 0 Å². The van der Waals surface area contributed by atoms with Crippen molar-refractivity contribution in [3.8, 4) is 17.2 Å². The Morgan fingerprint density at radius 2 is 2.08 bits per heavy atom. The number of halogens is 3. The van der Waals surface area contributed by atoms with Gasteiger partial charge < -0.3 is 14.6 Å². The van der Waals surface area contributed by atoms with E-state index < -0.39 is 5.91 Å². The number of methoxy groups -OCH3 is 1. The van der Waals surface area contributed by atoms with E-state index in [0.29, 0.717) is 25.8 Å². The molecule has 0 aliphatic rings. The zero-order chi connectivity index (χ0) is 18.4. The molecular formula is C16H13BrCl2N2O4. The van der Waals surface area contributed by atoms with Crippen molar-refractivity contribution >= 4 is 51.3 Å². The molecule has 2 rings (SSSR count). The van der Waals surface area contributed by atoms with E-state index in [1.54, 1.807) is 24.3 Å². The summed E-state index contributed by atoms with van der Waals surface area (Å²) in [5, 5.41) is 14.3. The van der Waals surface area contributed by atoms with Crippen LogP contribution in [0, 0.1) is 0 Å². The standard InChI is InChI=1S/C16H13BrCl2N2O4/c1-24-14-5-9(4-11(17)16(14)23)7-20-21-15(22)8-25-13-6-10(18)2-3-12(13)19/h2-7,23H,8H2,1H3,(H,21,22)/b20-7+. The SMILES string of the molecule is COc1cc(/C=N/NC(=O)COc2cc(Cl)ccc2Cl)cc(Br)c1O. The minimum Gasteiger partial charge on any atom is -0.503 e. The third-order valence-electron chi connectivity index (χ3n) is 2.93. The molecule has 9 heteroatoms. The van der Waals surface area contributed by atoms with Crippen LogP contribution in [-0.4, -0.2) is 30.9 Å². The molecule has 6 nitrogen and oxygen atoms in total. The second kappa shape index (κ2) is 8.94. The number of phenols is 1. The molecule has 0 radical (unpaired) electrons. The number of carbonyl (C=O) groups excluding carboxylic acids is 1. The van der Waals surface area contributed by atoms with Gasteiger partial charge in [0.25, 0.3) is 5.91 Å². The number of hydrazone groups is 1. The molecule has 0 unspecified atom stereocenters. The van der Waals surface area contributed by atoms with Crippen molar-refractivity contribution in [3.05, 3.63) is 50.4 Å². The summed E-state index contributed by atoms with van der Waals surface area (Å²) in [6.45, 7) is -0.278. The Balaban J connectivity index is 1.92. The van der Waals surface area contributed by atoms with Crippen molar-refractivity contribution in [2.75, 3.05) is 13.7 Å². The highest BCUT2D eigenvalue weighted by Crippen LogP contribution is 2.34. The number of ether oxygens (including phenoxy) is 2. The third kappa shape index (κ3) is 5.52. The molecular weight excluding hydrogens is 435 g/mol.